The number of hydrogen-bond donors (Lipinski definition) is 0. The summed E-state index contributed by atoms with van der Waals surface area (Å²) >= 11 is 1.70. The topological polar surface area (TPSA) is 0 Å². The van der Waals surface area contributed by atoms with E-state index in [9.17, 15) is 0 Å². The minimum Gasteiger partial charge on any atom is -0.130 e. The molecule has 0 radical (unpaired) electrons. The summed E-state index contributed by atoms with van der Waals surface area (Å²) in [5.41, 5.74) is 0. The molecule has 0 aromatic rings. The second-order valence-electron chi connectivity index (χ2n) is 1.50. The van der Waals surface area contributed by atoms with E-state index in [0.717, 1.165) is 0 Å². The first-order valence-corrected chi connectivity index (χ1v) is 4.07. The van der Waals surface area contributed by atoms with E-state index >= 15 is 0 Å². The molecule has 0 spiro atoms. The van der Waals surface area contributed by atoms with Gasteiger partial charge in [-0.15, -0.1) is 11.8 Å². The SMILES string of the molecule is C=C/C(=C\C=C\C)SC. The van der Waals surface area contributed by atoms with E-state index in [0.29, 0.717) is 0 Å². The van der Waals surface area contributed by atoms with Crippen LogP contribution < -0.4 is 0 Å². The number of rotatable bonds is 3. The third-order valence-corrected chi connectivity index (χ3v) is 1.66. The highest BCUT2D eigenvalue weighted by atomic mass is 32.2. The third kappa shape index (κ3) is 4.10. The summed E-state index contributed by atoms with van der Waals surface area (Å²) in [5, 5.41) is 0. The monoisotopic (exact) mass is 140 g/mol. The molecule has 0 aliphatic heterocycles. The Hall–Kier alpha value is -0.430. The molecule has 50 valence electrons. The third-order valence-electron chi connectivity index (χ3n) is 0.890. The van der Waals surface area contributed by atoms with Crippen LogP contribution in [0.5, 0.6) is 0 Å². The zero-order valence-corrected chi connectivity index (χ0v) is 6.74. The summed E-state index contributed by atoms with van der Waals surface area (Å²) in [5.74, 6) is 0. The van der Waals surface area contributed by atoms with Crippen molar-refractivity contribution >= 4 is 11.8 Å². The van der Waals surface area contributed by atoms with E-state index in [-0.39, 0.29) is 0 Å². The Labute approximate surface area is 61.3 Å². The van der Waals surface area contributed by atoms with Gasteiger partial charge in [-0.3, -0.25) is 0 Å². The van der Waals surface area contributed by atoms with Gasteiger partial charge < -0.3 is 0 Å². The molecular weight excluding hydrogens is 128 g/mol. The summed E-state index contributed by atoms with van der Waals surface area (Å²) in [6.45, 7) is 5.66. The first-order chi connectivity index (χ1) is 4.35. The molecule has 0 rings (SSSR count). The average Bonchev–Trinajstić information content (AvgIpc) is 1.91. The maximum Gasteiger partial charge on any atom is 0.00631 e. The van der Waals surface area contributed by atoms with Crippen LogP contribution in [0.25, 0.3) is 0 Å². The number of hydrogen-bond acceptors (Lipinski definition) is 1. The van der Waals surface area contributed by atoms with Crippen molar-refractivity contribution in [1.82, 2.24) is 0 Å². The van der Waals surface area contributed by atoms with Crippen molar-refractivity contribution in [2.24, 2.45) is 0 Å². The van der Waals surface area contributed by atoms with Crippen LogP contribution in [0.1, 0.15) is 6.92 Å². The van der Waals surface area contributed by atoms with Crippen LogP contribution in [-0.2, 0) is 0 Å². The summed E-state index contributed by atoms with van der Waals surface area (Å²) in [4.78, 5) is 1.20. The first kappa shape index (κ1) is 8.57. The molecule has 0 amide bonds. The Balaban J connectivity index is 3.90. The predicted octanol–water partition coefficient (Wildman–Crippen LogP) is 3.00. The predicted molar refractivity (Wildman–Crippen MR) is 46.6 cm³/mol. The normalized spacial score (nSPS) is 12.4. The molecular formula is C8H12S. The van der Waals surface area contributed by atoms with E-state index < -0.39 is 0 Å². The molecule has 0 fully saturated rings. The fourth-order valence-electron chi connectivity index (χ4n) is 0.410. The Bertz CT molecular complexity index is 132. The first-order valence-electron chi connectivity index (χ1n) is 2.84. The van der Waals surface area contributed by atoms with E-state index in [4.69, 9.17) is 0 Å². The Morgan fingerprint density at radius 2 is 2.22 bits per heavy atom. The summed E-state index contributed by atoms with van der Waals surface area (Å²) in [7, 11) is 0. The van der Waals surface area contributed by atoms with Crippen LogP contribution in [0.2, 0.25) is 0 Å². The van der Waals surface area contributed by atoms with E-state index in [1.807, 2.05) is 37.5 Å². The standard InChI is InChI=1S/C8H12S/c1-4-6-7-8(5-2)9-3/h4-7H,2H2,1,3H3/b6-4+,8-7+. The fourth-order valence-corrected chi connectivity index (χ4v) is 0.792. The van der Waals surface area contributed by atoms with E-state index in [2.05, 4.69) is 6.58 Å². The molecule has 0 aliphatic carbocycles. The number of allylic oxidation sites excluding steroid dienone is 4. The summed E-state index contributed by atoms with van der Waals surface area (Å²) in [6, 6.07) is 0. The molecule has 0 aromatic heterocycles. The van der Waals surface area contributed by atoms with Gasteiger partial charge in [-0.25, -0.2) is 0 Å². The van der Waals surface area contributed by atoms with Crippen LogP contribution in [0, 0.1) is 0 Å². The lowest BCUT2D eigenvalue weighted by Crippen LogP contribution is -1.62. The molecule has 0 bridgehead atoms. The van der Waals surface area contributed by atoms with Gasteiger partial charge in [0.25, 0.3) is 0 Å². The molecule has 0 saturated heterocycles. The van der Waals surface area contributed by atoms with Crippen LogP contribution in [0.15, 0.2) is 35.8 Å². The van der Waals surface area contributed by atoms with Gasteiger partial charge in [0.1, 0.15) is 0 Å². The molecule has 0 atom stereocenters. The second kappa shape index (κ2) is 5.70. The lowest BCUT2D eigenvalue weighted by Gasteiger charge is -1.89. The van der Waals surface area contributed by atoms with Gasteiger partial charge in [0, 0.05) is 4.91 Å². The van der Waals surface area contributed by atoms with Gasteiger partial charge in [-0.2, -0.15) is 0 Å². The molecule has 9 heavy (non-hydrogen) atoms. The minimum atomic E-state index is 1.20. The molecule has 0 heterocycles. The largest absolute Gasteiger partial charge is 0.130 e. The maximum atomic E-state index is 3.66. The molecule has 0 aromatic carbocycles. The zero-order valence-electron chi connectivity index (χ0n) is 5.92. The lowest BCUT2D eigenvalue weighted by molar-refractivity contribution is 1.72. The zero-order chi connectivity index (χ0) is 7.11. The molecule has 0 nitrogen and oxygen atoms in total. The molecule has 0 N–H and O–H groups in total. The maximum absolute atomic E-state index is 3.66. The van der Waals surface area contributed by atoms with E-state index in [1.165, 1.54) is 4.91 Å². The highest BCUT2D eigenvalue weighted by Gasteiger charge is 1.80. The highest BCUT2D eigenvalue weighted by Crippen LogP contribution is 2.11. The molecule has 0 saturated carbocycles. The van der Waals surface area contributed by atoms with Gasteiger partial charge in [0.05, 0.1) is 0 Å². The van der Waals surface area contributed by atoms with Gasteiger partial charge >= 0.3 is 0 Å². The lowest BCUT2D eigenvalue weighted by atomic mass is 10.4. The Kier molecular flexibility index (Phi) is 5.43. The quantitative estimate of drug-likeness (QED) is 0.543. The Morgan fingerprint density at radius 3 is 2.56 bits per heavy atom. The van der Waals surface area contributed by atoms with Crippen LogP contribution in [-0.4, -0.2) is 6.26 Å². The average molecular weight is 140 g/mol. The van der Waals surface area contributed by atoms with Crippen molar-refractivity contribution in [3.63, 3.8) is 0 Å². The van der Waals surface area contributed by atoms with Crippen molar-refractivity contribution in [3.05, 3.63) is 35.8 Å². The van der Waals surface area contributed by atoms with Crippen LogP contribution in [0.4, 0.5) is 0 Å². The summed E-state index contributed by atoms with van der Waals surface area (Å²) in [6.07, 6.45) is 9.94. The van der Waals surface area contributed by atoms with Gasteiger partial charge in [-0.05, 0) is 19.3 Å². The van der Waals surface area contributed by atoms with Gasteiger partial charge in [0.2, 0.25) is 0 Å². The van der Waals surface area contributed by atoms with Crippen molar-refractivity contribution in [2.75, 3.05) is 6.26 Å². The molecule has 0 aliphatic rings. The number of thioether (sulfide) groups is 1. The van der Waals surface area contributed by atoms with Crippen LogP contribution >= 0.6 is 11.8 Å². The molecule has 0 unspecified atom stereocenters. The Morgan fingerprint density at radius 1 is 1.56 bits per heavy atom. The smallest absolute Gasteiger partial charge is 0.00631 e. The van der Waals surface area contributed by atoms with Crippen molar-refractivity contribution in [3.8, 4) is 0 Å². The summed E-state index contributed by atoms with van der Waals surface area (Å²) < 4.78 is 0. The van der Waals surface area contributed by atoms with Crippen molar-refractivity contribution in [1.29, 1.82) is 0 Å². The highest BCUT2D eigenvalue weighted by molar-refractivity contribution is 8.02. The van der Waals surface area contributed by atoms with E-state index in [1.54, 1.807) is 11.8 Å². The molecule has 1 heteroatoms. The van der Waals surface area contributed by atoms with Crippen molar-refractivity contribution < 1.29 is 0 Å². The van der Waals surface area contributed by atoms with Gasteiger partial charge in [0.15, 0.2) is 0 Å². The minimum absolute atomic E-state index is 1.20. The van der Waals surface area contributed by atoms with Gasteiger partial charge in [-0.1, -0.05) is 24.8 Å². The second-order valence-corrected chi connectivity index (χ2v) is 2.38. The van der Waals surface area contributed by atoms with Crippen LogP contribution in [0.3, 0.4) is 0 Å². The van der Waals surface area contributed by atoms with Crippen molar-refractivity contribution in [2.45, 2.75) is 6.92 Å². The fraction of sp³-hybridized carbons (Fsp3) is 0.250.